The SMILES string of the molecule is CC(NC(=O)c1cncc(F)c1)c1cn[nH]c1. The Morgan fingerprint density at radius 3 is 2.94 bits per heavy atom. The summed E-state index contributed by atoms with van der Waals surface area (Å²) in [5.41, 5.74) is 1.04. The summed E-state index contributed by atoms with van der Waals surface area (Å²) in [5.74, 6) is -0.903. The first kappa shape index (κ1) is 11.3. The van der Waals surface area contributed by atoms with Crippen molar-refractivity contribution in [3.8, 4) is 0 Å². The average Bonchev–Trinajstić information content (AvgIpc) is 2.82. The lowest BCUT2D eigenvalue weighted by Crippen LogP contribution is -2.26. The van der Waals surface area contributed by atoms with Gasteiger partial charge < -0.3 is 5.32 Å². The van der Waals surface area contributed by atoms with Crippen molar-refractivity contribution in [2.45, 2.75) is 13.0 Å². The summed E-state index contributed by atoms with van der Waals surface area (Å²) in [7, 11) is 0. The molecule has 0 aliphatic rings. The number of nitrogens with zero attached hydrogens (tertiary/aromatic N) is 2. The number of hydrogen-bond donors (Lipinski definition) is 2. The summed E-state index contributed by atoms with van der Waals surface area (Å²) in [6.07, 6.45) is 5.68. The van der Waals surface area contributed by atoms with E-state index in [-0.39, 0.29) is 17.5 Å². The number of aromatic nitrogens is 3. The zero-order valence-corrected chi connectivity index (χ0v) is 9.14. The summed E-state index contributed by atoms with van der Waals surface area (Å²) >= 11 is 0. The Hall–Kier alpha value is -2.24. The number of carbonyl (C=O) groups is 1. The molecule has 2 rings (SSSR count). The lowest BCUT2D eigenvalue weighted by molar-refractivity contribution is 0.0939. The van der Waals surface area contributed by atoms with Crippen LogP contribution >= 0.6 is 0 Å². The Bertz CT molecular complexity index is 512. The minimum atomic E-state index is -0.534. The molecule has 0 aromatic carbocycles. The topological polar surface area (TPSA) is 70.7 Å². The van der Waals surface area contributed by atoms with Gasteiger partial charge >= 0.3 is 0 Å². The Balaban J connectivity index is 2.07. The van der Waals surface area contributed by atoms with Crippen LogP contribution in [-0.2, 0) is 0 Å². The monoisotopic (exact) mass is 234 g/mol. The van der Waals surface area contributed by atoms with Crippen LogP contribution in [-0.4, -0.2) is 21.1 Å². The van der Waals surface area contributed by atoms with Crippen LogP contribution in [0.25, 0.3) is 0 Å². The molecule has 0 saturated heterocycles. The maximum absolute atomic E-state index is 12.9. The zero-order chi connectivity index (χ0) is 12.3. The van der Waals surface area contributed by atoms with E-state index in [1.54, 1.807) is 12.4 Å². The second kappa shape index (κ2) is 4.73. The number of halogens is 1. The van der Waals surface area contributed by atoms with Crippen LogP contribution in [0.4, 0.5) is 4.39 Å². The van der Waals surface area contributed by atoms with E-state index in [0.717, 1.165) is 17.8 Å². The minimum Gasteiger partial charge on any atom is -0.345 e. The molecule has 2 N–H and O–H groups in total. The molecule has 1 atom stereocenters. The molecular weight excluding hydrogens is 223 g/mol. The largest absolute Gasteiger partial charge is 0.345 e. The molecule has 0 saturated carbocycles. The highest BCUT2D eigenvalue weighted by molar-refractivity contribution is 5.94. The van der Waals surface area contributed by atoms with Crippen molar-refractivity contribution < 1.29 is 9.18 Å². The molecule has 0 radical (unpaired) electrons. The number of nitrogens with one attached hydrogen (secondary N) is 2. The van der Waals surface area contributed by atoms with E-state index in [1.807, 2.05) is 6.92 Å². The molecule has 2 aromatic rings. The van der Waals surface area contributed by atoms with Crippen LogP contribution in [0.15, 0.2) is 30.9 Å². The van der Waals surface area contributed by atoms with Gasteiger partial charge in [-0.1, -0.05) is 0 Å². The van der Waals surface area contributed by atoms with E-state index in [4.69, 9.17) is 0 Å². The highest BCUT2D eigenvalue weighted by atomic mass is 19.1. The predicted octanol–water partition coefficient (Wildman–Crippen LogP) is 1.43. The van der Waals surface area contributed by atoms with Gasteiger partial charge in [0.1, 0.15) is 5.82 Å². The number of rotatable bonds is 3. The number of pyridine rings is 1. The van der Waals surface area contributed by atoms with E-state index in [0.29, 0.717) is 0 Å². The highest BCUT2D eigenvalue weighted by Gasteiger charge is 2.12. The van der Waals surface area contributed by atoms with E-state index >= 15 is 0 Å². The standard InChI is InChI=1S/C11H11FN4O/c1-7(9-4-14-15-5-9)16-11(17)8-2-10(12)6-13-3-8/h2-7H,1H3,(H,14,15)(H,16,17). The Kier molecular flexibility index (Phi) is 3.13. The van der Waals surface area contributed by atoms with Crippen molar-refractivity contribution in [1.82, 2.24) is 20.5 Å². The molecule has 0 aliphatic carbocycles. The number of H-pyrrole nitrogens is 1. The van der Waals surface area contributed by atoms with Crippen molar-refractivity contribution in [3.63, 3.8) is 0 Å². The molecule has 5 nitrogen and oxygen atoms in total. The molecular formula is C11H11FN4O. The van der Waals surface area contributed by atoms with Gasteiger partial charge in [-0.05, 0) is 13.0 Å². The Morgan fingerprint density at radius 1 is 1.47 bits per heavy atom. The molecule has 17 heavy (non-hydrogen) atoms. The molecule has 1 amide bonds. The van der Waals surface area contributed by atoms with Gasteiger partial charge in [0.25, 0.3) is 5.91 Å². The highest BCUT2D eigenvalue weighted by Crippen LogP contribution is 2.10. The first-order chi connectivity index (χ1) is 8.16. The molecule has 2 aromatic heterocycles. The van der Waals surface area contributed by atoms with E-state index in [1.165, 1.54) is 6.20 Å². The maximum Gasteiger partial charge on any atom is 0.253 e. The van der Waals surface area contributed by atoms with Gasteiger partial charge in [-0.25, -0.2) is 4.39 Å². The Labute approximate surface area is 97.1 Å². The molecule has 2 heterocycles. The predicted molar refractivity (Wildman–Crippen MR) is 58.7 cm³/mol. The van der Waals surface area contributed by atoms with Crippen molar-refractivity contribution in [3.05, 3.63) is 47.8 Å². The van der Waals surface area contributed by atoms with Gasteiger partial charge in [-0.15, -0.1) is 0 Å². The molecule has 0 aliphatic heterocycles. The summed E-state index contributed by atoms with van der Waals surface area (Å²) in [6.45, 7) is 1.81. The summed E-state index contributed by atoms with van der Waals surface area (Å²) in [4.78, 5) is 15.4. The van der Waals surface area contributed by atoms with Gasteiger partial charge in [0.05, 0.1) is 24.0 Å². The quantitative estimate of drug-likeness (QED) is 0.844. The molecule has 6 heteroatoms. The number of carbonyl (C=O) groups excluding carboxylic acids is 1. The fourth-order valence-corrected chi connectivity index (χ4v) is 1.40. The molecule has 0 fully saturated rings. The first-order valence-electron chi connectivity index (χ1n) is 5.07. The molecule has 0 bridgehead atoms. The average molecular weight is 234 g/mol. The molecule has 88 valence electrons. The van der Waals surface area contributed by atoms with Crippen LogP contribution in [0.1, 0.15) is 28.9 Å². The van der Waals surface area contributed by atoms with Crippen LogP contribution in [0, 0.1) is 5.82 Å². The third kappa shape index (κ3) is 2.66. The Morgan fingerprint density at radius 2 is 2.29 bits per heavy atom. The van der Waals surface area contributed by atoms with Crippen molar-refractivity contribution in [2.75, 3.05) is 0 Å². The molecule has 1 unspecified atom stereocenters. The maximum atomic E-state index is 12.9. The fourth-order valence-electron chi connectivity index (χ4n) is 1.40. The number of aromatic amines is 1. The van der Waals surface area contributed by atoms with Gasteiger partial charge in [-0.3, -0.25) is 14.9 Å². The summed E-state index contributed by atoms with van der Waals surface area (Å²) in [6, 6.07) is 0.939. The normalized spacial score (nSPS) is 12.1. The lowest BCUT2D eigenvalue weighted by atomic mass is 10.1. The van der Waals surface area contributed by atoms with Crippen LogP contribution < -0.4 is 5.32 Å². The zero-order valence-electron chi connectivity index (χ0n) is 9.14. The minimum absolute atomic E-state index is 0.195. The van der Waals surface area contributed by atoms with Crippen LogP contribution in [0.3, 0.4) is 0 Å². The first-order valence-corrected chi connectivity index (χ1v) is 5.07. The van der Waals surface area contributed by atoms with Crippen molar-refractivity contribution in [1.29, 1.82) is 0 Å². The van der Waals surface area contributed by atoms with Crippen LogP contribution in [0.2, 0.25) is 0 Å². The van der Waals surface area contributed by atoms with E-state index in [9.17, 15) is 9.18 Å². The van der Waals surface area contributed by atoms with Gasteiger partial charge in [-0.2, -0.15) is 5.10 Å². The van der Waals surface area contributed by atoms with E-state index < -0.39 is 5.82 Å². The van der Waals surface area contributed by atoms with Gasteiger partial charge in [0, 0.05) is 18.0 Å². The third-order valence-electron chi connectivity index (χ3n) is 2.33. The van der Waals surface area contributed by atoms with Crippen LogP contribution in [0.5, 0.6) is 0 Å². The number of amides is 1. The fraction of sp³-hybridized carbons (Fsp3) is 0.182. The molecule has 0 spiro atoms. The number of hydrogen-bond acceptors (Lipinski definition) is 3. The third-order valence-corrected chi connectivity index (χ3v) is 2.33. The van der Waals surface area contributed by atoms with Gasteiger partial charge in [0.15, 0.2) is 0 Å². The van der Waals surface area contributed by atoms with Crippen molar-refractivity contribution in [2.24, 2.45) is 0 Å². The lowest BCUT2D eigenvalue weighted by Gasteiger charge is -2.11. The van der Waals surface area contributed by atoms with Crippen molar-refractivity contribution >= 4 is 5.91 Å². The van der Waals surface area contributed by atoms with Gasteiger partial charge in [0.2, 0.25) is 0 Å². The second-order valence-corrected chi connectivity index (χ2v) is 3.62. The smallest absolute Gasteiger partial charge is 0.253 e. The van der Waals surface area contributed by atoms with E-state index in [2.05, 4.69) is 20.5 Å². The summed E-state index contributed by atoms with van der Waals surface area (Å²) < 4.78 is 12.9. The summed E-state index contributed by atoms with van der Waals surface area (Å²) in [5, 5.41) is 9.17. The second-order valence-electron chi connectivity index (χ2n) is 3.62.